The molecule has 0 aliphatic carbocycles. The lowest BCUT2D eigenvalue weighted by Gasteiger charge is -2.36. The Labute approximate surface area is 143 Å². The third-order valence-corrected chi connectivity index (χ3v) is 6.79. The summed E-state index contributed by atoms with van der Waals surface area (Å²) in [6.45, 7) is 5.59. The second-order valence-corrected chi connectivity index (χ2v) is 8.96. The molecule has 0 amide bonds. The minimum absolute atomic E-state index is 0.289. The topological polar surface area (TPSA) is 85.0 Å². The van der Waals surface area contributed by atoms with Crippen LogP contribution in [0.5, 0.6) is 0 Å². The predicted molar refractivity (Wildman–Crippen MR) is 94.4 cm³/mol. The van der Waals surface area contributed by atoms with Crippen molar-refractivity contribution in [1.29, 1.82) is 0 Å². The molecular formula is C17H25N3O3S. The van der Waals surface area contributed by atoms with Crippen LogP contribution in [0.1, 0.15) is 49.0 Å². The van der Waals surface area contributed by atoms with Gasteiger partial charge in [0.1, 0.15) is 10.9 Å². The summed E-state index contributed by atoms with van der Waals surface area (Å²) in [7, 11) is -1.63. The highest BCUT2D eigenvalue weighted by Gasteiger charge is 2.47. The molecule has 2 aliphatic heterocycles. The maximum Gasteiger partial charge on any atom is 0.298 e. The minimum Gasteiger partial charge on any atom is -0.457 e. The Morgan fingerprint density at radius 1 is 1.25 bits per heavy atom. The Balaban J connectivity index is 1.96. The highest BCUT2D eigenvalue weighted by atomic mass is 32.2. The molecule has 0 saturated carbocycles. The standard InChI is InChI=1S/C17H25N3O3S/c1-17(2)15(24(21,22)19-16(18)23-17)14-6-4-5-13(11-14)12-7-9-20(3)10-8-12/h4-6,11-12,15H,7-10H2,1-3H3,(H2,18,19). The maximum atomic E-state index is 12.6. The first-order valence-electron chi connectivity index (χ1n) is 8.26. The van der Waals surface area contributed by atoms with Gasteiger partial charge in [0.15, 0.2) is 0 Å². The van der Waals surface area contributed by atoms with Gasteiger partial charge in [0.2, 0.25) is 0 Å². The van der Waals surface area contributed by atoms with Gasteiger partial charge in [-0.05, 0) is 63.9 Å². The van der Waals surface area contributed by atoms with Crippen LogP contribution in [0.4, 0.5) is 0 Å². The lowest BCUT2D eigenvalue weighted by atomic mass is 9.87. The molecule has 0 spiro atoms. The van der Waals surface area contributed by atoms with Crippen molar-refractivity contribution >= 4 is 16.0 Å². The van der Waals surface area contributed by atoms with Crippen molar-refractivity contribution in [3.63, 3.8) is 0 Å². The number of likely N-dealkylation sites (tertiary alicyclic amines) is 1. The van der Waals surface area contributed by atoms with E-state index in [1.165, 1.54) is 5.56 Å². The zero-order chi connectivity index (χ0) is 17.5. The molecular weight excluding hydrogens is 326 g/mol. The summed E-state index contributed by atoms with van der Waals surface area (Å²) in [4.78, 5) is 2.32. The number of benzene rings is 1. The van der Waals surface area contributed by atoms with E-state index < -0.39 is 20.9 Å². The summed E-state index contributed by atoms with van der Waals surface area (Å²) in [6.07, 6.45) is 2.17. The fourth-order valence-corrected chi connectivity index (χ4v) is 5.42. The Hall–Kier alpha value is -1.60. The predicted octanol–water partition coefficient (Wildman–Crippen LogP) is 1.99. The molecule has 2 heterocycles. The first-order valence-corrected chi connectivity index (χ1v) is 9.76. The quantitative estimate of drug-likeness (QED) is 0.881. The summed E-state index contributed by atoms with van der Waals surface area (Å²) in [5.41, 5.74) is 6.47. The Kier molecular flexibility index (Phi) is 4.34. The van der Waals surface area contributed by atoms with Crippen LogP contribution in [-0.2, 0) is 14.8 Å². The number of piperidine rings is 1. The third kappa shape index (κ3) is 3.28. The van der Waals surface area contributed by atoms with Gasteiger partial charge in [0.25, 0.3) is 16.0 Å². The zero-order valence-electron chi connectivity index (χ0n) is 14.4. The van der Waals surface area contributed by atoms with Gasteiger partial charge < -0.3 is 15.4 Å². The summed E-state index contributed by atoms with van der Waals surface area (Å²) in [5, 5.41) is -0.858. The highest BCUT2D eigenvalue weighted by molar-refractivity contribution is 7.90. The number of nitrogens with zero attached hydrogens (tertiary/aromatic N) is 2. The molecule has 2 aliphatic rings. The van der Waals surface area contributed by atoms with Gasteiger partial charge in [-0.15, -0.1) is 4.40 Å². The van der Waals surface area contributed by atoms with Crippen LogP contribution in [0.25, 0.3) is 0 Å². The zero-order valence-corrected chi connectivity index (χ0v) is 15.2. The van der Waals surface area contributed by atoms with E-state index >= 15 is 0 Å². The van der Waals surface area contributed by atoms with Gasteiger partial charge in [-0.3, -0.25) is 0 Å². The fourth-order valence-electron chi connectivity index (χ4n) is 3.77. The third-order valence-electron chi connectivity index (χ3n) is 4.92. The van der Waals surface area contributed by atoms with E-state index in [0.29, 0.717) is 11.5 Å². The van der Waals surface area contributed by atoms with E-state index in [9.17, 15) is 8.42 Å². The van der Waals surface area contributed by atoms with Gasteiger partial charge in [-0.2, -0.15) is 0 Å². The van der Waals surface area contributed by atoms with Crippen molar-refractivity contribution in [1.82, 2.24) is 4.90 Å². The van der Waals surface area contributed by atoms with Crippen molar-refractivity contribution in [2.75, 3.05) is 20.1 Å². The van der Waals surface area contributed by atoms with E-state index in [1.54, 1.807) is 13.8 Å². The molecule has 24 heavy (non-hydrogen) atoms. The summed E-state index contributed by atoms with van der Waals surface area (Å²) in [6, 6.07) is 7.56. The molecule has 0 bridgehead atoms. The molecule has 2 N–H and O–H groups in total. The van der Waals surface area contributed by atoms with Crippen LogP contribution in [0.15, 0.2) is 28.7 Å². The highest BCUT2D eigenvalue weighted by Crippen LogP contribution is 2.41. The van der Waals surface area contributed by atoms with Crippen LogP contribution >= 0.6 is 0 Å². The van der Waals surface area contributed by atoms with Crippen molar-refractivity contribution < 1.29 is 13.2 Å². The molecule has 1 saturated heterocycles. The smallest absolute Gasteiger partial charge is 0.298 e. The molecule has 1 unspecified atom stereocenters. The van der Waals surface area contributed by atoms with E-state index in [2.05, 4.69) is 22.4 Å². The molecule has 1 fully saturated rings. The second kappa shape index (κ2) is 6.04. The van der Waals surface area contributed by atoms with Crippen molar-refractivity contribution in [3.05, 3.63) is 35.4 Å². The number of sulfonamides is 1. The molecule has 0 radical (unpaired) electrons. The van der Waals surface area contributed by atoms with Gasteiger partial charge in [0, 0.05) is 0 Å². The Bertz CT molecular complexity index is 750. The van der Waals surface area contributed by atoms with E-state index in [0.717, 1.165) is 25.9 Å². The monoisotopic (exact) mass is 351 g/mol. The van der Waals surface area contributed by atoms with Crippen LogP contribution < -0.4 is 5.73 Å². The number of hydrogen-bond donors (Lipinski definition) is 1. The SMILES string of the molecule is CN1CCC(c2cccc(C3C(C)(C)OC(N)=NS3(=O)=O)c2)CC1. The molecule has 0 aromatic heterocycles. The number of hydrogen-bond acceptors (Lipinski definition) is 5. The van der Waals surface area contributed by atoms with Gasteiger partial charge in [0.05, 0.1) is 0 Å². The van der Waals surface area contributed by atoms with Gasteiger partial charge >= 0.3 is 0 Å². The van der Waals surface area contributed by atoms with Crippen LogP contribution in [-0.4, -0.2) is 45.1 Å². The van der Waals surface area contributed by atoms with Crippen molar-refractivity contribution in [2.45, 2.75) is 43.5 Å². The molecule has 3 rings (SSSR count). The largest absolute Gasteiger partial charge is 0.457 e. The number of ether oxygens (including phenoxy) is 1. The van der Waals surface area contributed by atoms with E-state index in [4.69, 9.17) is 10.5 Å². The normalized spacial score (nSPS) is 27.3. The summed E-state index contributed by atoms with van der Waals surface area (Å²) in [5.74, 6) is 0.463. The number of rotatable bonds is 2. The molecule has 1 aromatic carbocycles. The Morgan fingerprint density at radius 2 is 1.88 bits per heavy atom. The summed E-state index contributed by atoms with van der Waals surface area (Å²) < 4.78 is 34.2. The van der Waals surface area contributed by atoms with Gasteiger partial charge in [-0.1, -0.05) is 24.3 Å². The lowest BCUT2D eigenvalue weighted by molar-refractivity contribution is 0.0826. The summed E-state index contributed by atoms with van der Waals surface area (Å²) >= 11 is 0. The Morgan fingerprint density at radius 3 is 2.50 bits per heavy atom. The van der Waals surface area contributed by atoms with Crippen molar-refractivity contribution in [3.8, 4) is 0 Å². The average molecular weight is 351 g/mol. The van der Waals surface area contributed by atoms with Crippen molar-refractivity contribution in [2.24, 2.45) is 10.1 Å². The molecule has 132 valence electrons. The van der Waals surface area contributed by atoms with E-state index in [1.807, 2.05) is 18.2 Å². The maximum absolute atomic E-state index is 12.6. The average Bonchev–Trinajstić information content (AvgIpc) is 2.45. The van der Waals surface area contributed by atoms with E-state index in [-0.39, 0.29) is 6.02 Å². The molecule has 6 nitrogen and oxygen atoms in total. The first-order chi connectivity index (χ1) is 11.2. The number of amidine groups is 1. The first kappa shape index (κ1) is 17.2. The minimum atomic E-state index is -3.76. The van der Waals surface area contributed by atoms with Gasteiger partial charge in [-0.25, -0.2) is 8.42 Å². The lowest BCUT2D eigenvalue weighted by Crippen LogP contribution is -2.45. The number of nitrogens with two attached hydrogens (primary N) is 1. The molecule has 1 atom stereocenters. The molecule has 7 heteroatoms. The molecule has 1 aromatic rings. The fraction of sp³-hybridized carbons (Fsp3) is 0.588. The van der Waals surface area contributed by atoms with Crippen LogP contribution in [0.2, 0.25) is 0 Å². The van der Waals surface area contributed by atoms with Crippen LogP contribution in [0, 0.1) is 0 Å². The van der Waals surface area contributed by atoms with Crippen LogP contribution in [0.3, 0.4) is 0 Å². The second-order valence-electron chi connectivity index (χ2n) is 7.28.